The van der Waals surface area contributed by atoms with Gasteiger partial charge in [0.1, 0.15) is 17.4 Å². The Hall–Kier alpha value is -3.85. The molecule has 4 aromatic rings. The van der Waals surface area contributed by atoms with Crippen molar-refractivity contribution in [1.82, 2.24) is 9.66 Å². The lowest BCUT2D eigenvalue weighted by Gasteiger charge is -2.21. The Kier molecular flexibility index (Phi) is 7.30. The molecule has 4 rings (SSSR count). The van der Waals surface area contributed by atoms with Gasteiger partial charge in [-0.15, -0.1) is 0 Å². The maximum atomic E-state index is 13.8. The Bertz CT molecular complexity index is 1530. The van der Waals surface area contributed by atoms with E-state index in [1.165, 1.54) is 29.1 Å². The lowest BCUT2D eigenvalue weighted by molar-refractivity contribution is -0.118. The number of fused-ring (bicyclic) bond motifs is 1. The van der Waals surface area contributed by atoms with Gasteiger partial charge in [-0.2, -0.15) is 9.78 Å². The smallest absolute Gasteiger partial charge is 0.282 e. The maximum Gasteiger partial charge on any atom is 0.282 e. The van der Waals surface area contributed by atoms with Crippen molar-refractivity contribution in [3.05, 3.63) is 98.8 Å². The van der Waals surface area contributed by atoms with Gasteiger partial charge in [-0.3, -0.25) is 9.59 Å². The number of carbonyl (C=O) groups excluding carboxylic acids is 1. The van der Waals surface area contributed by atoms with Gasteiger partial charge < -0.3 is 10.1 Å². The minimum atomic E-state index is -0.533. The molecule has 1 aromatic heterocycles. The second-order valence-electron chi connectivity index (χ2n) is 9.06. The summed E-state index contributed by atoms with van der Waals surface area (Å²) in [6.07, 6.45) is 1.49. The normalized spacial score (nSPS) is 11.7. The third kappa shape index (κ3) is 5.68. The monoisotopic (exact) mass is 550 g/mol. The first-order chi connectivity index (χ1) is 17.1. The number of anilines is 1. The summed E-state index contributed by atoms with van der Waals surface area (Å²) in [6.45, 7) is 5.53. The number of benzene rings is 3. The molecule has 0 aliphatic rings. The molecule has 3 aromatic carbocycles. The number of ether oxygens (including phenoxy) is 1. The first-order valence-corrected chi connectivity index (χ1v) is 12.0. The minimum Gasteiger partial charge on any atom is -0.483 e. The fourth-order valence-corrected chi connectivity index (χ4v) is 3.83. The van der Waals surface area contributed by atoms with Crippen molar-refractivity contribution < 1.29 is 13.9 Å². The zero-order valence-corrected chi connectivity index (χ0v) is 21.5. The van der Waals surface area contributed by atoms with Crippen LogP contribution in [0.2, 0.25) is 0 Å². The lowest BCUT2D eigenvalue weighted by atomic mass is 9.95. The van der Waals surface area contributed by atoms with Crippen LogP contribution in [0.5, 0.6) is 5.75 Å². The molecule has 0 atom stereocenters. The highest BCUT2D eigenvalue weighted by molar-refractivity contribution is 9.10. The van der Waals surface area contributed by atoms with E-state index in [4.69, 9.17) is 9.72 Å². The molecule has 0 aliphatic heterocycles. The molecule has 0 saturated heterocycles. The van der Waals surface area contributed by atoms with E-state index in [2.05, 4.69) is 26.3 Å². The molecule has 1 N–H and O–H groups in total. The molecule has 9 heteroatoms. The highest BCUT2D eigenvalue weighted by Gasteiger charge is 2.23. The van der Waals surface area contributed by atoms with E-state index in [9.17, 15) is 14.0 Å². The summed E-state index contributed by atoms with van der Waals surface area (Å²) in [5.74, 6) is -0.162. The van der Waals surface area contributed by atoms with Crippen molar-refractivity contribution in [1.29, 1.82) is 0 Å². The van der Waals surface area contributed by atoms with Crippen molar-refractivity contribution in [2.24, 2.45) is 5.10 Å². The van der Waals surface area contributed by atoms with Gasteiger partial charge in [-0.25, -0.2) is 9.37 Å². The van der Waals surface area contributed by atoms with Crippen LogP contribution in [0.1, 0.15) is 32.2 Å². The molecule has 0 radical (unpaired) electrons. The fraction of sp³-hybridized carbons (Fsp3) is 0.185. The standard InChI is InChI=1S/C27H24BrFN4O3/c1-27(2,3)26-32-21-13-12-18(28)14-19(21)25(35)33(26)30-15-17-8-4-7-11-23(17)36-16-24(34)31-22-10-6-5-9-20(22)29/h4-15H,16H2,1-3H3,(H,31,34). The predicted octanol–water partition coefficient (Wildman–Crippen LogP) is 5.50. The van der Waals surface area contributed by atoms with Gasteiger partial charge in [0.25, 0.3) is 11.5 Å². The topological polar surface area (TPSA) is 85.6 Å². The van der Waals surface area contributed by atoms with E-state index in [0.717, 1.165) is 4.47 Å². The second-order valence-corrected chi connectivity index (χ2v) is 9.98. The maximum absolute atomic E-state index is 13.8. The SMILES string of the molecule is CC(C)(C)c1nc2ccc(Br)cc2c(=O)n1N=Cc1ccccc1OCC(=O)Nc1ccccc1F. The summed E-state index contributed by atoms with van der Waals surface area (Å²) in [7, 11) is 0. The molecule has 0 saturated carbocycles. The van der Waals surface area contributed by atoms with Crippen molar-refractivity contribution in [3.8, 4) is 5.75 Å². The van der Waals surface area contributed by atoms with Crippen LogP contribution in [0.3, 0.4) is 0 Å². The van der Waals surface area contributed by atoms with Gasteiger partial charge in [0, 0.05) is 15.5 Å². The number of nitrogens with one attached hydrogen (secondary N) is 1. The van der Waals surface area contributed by atoms with Crippen molar-refractivity contribution in [3.63, 3.8) is 0 Å². The number of hydrogen-bond acceptors (Lipinski definition) is 5. The fourth-order valence-electron chi connectivity index (χ4n) is 3.47. The lowest BCUT2D eigenvalue weighted by Crippen LogP contribution is -2.29. The van der Waals surface area contributed by atoms with Crippen LogP contribution < -0.4 is 15.6 Å². The summed E-state index contributed by atoms with van der Waals surface area (Å²) in [5, 5.41) is 7.38. The Morgan fingerprint density at radius 2 is 1.86 bits per heavy atom. The Labute approximate surface area is 215 Å². The summed E-state index contributed by atoms with van der Waals surface area (Å²) in [4.78, 5) is 30.3. The van der Waals surface area contributed by atoms with Gasteiger partial charge in [0.15, 0.2) is 6.61 Å². The summed E-state index contributed by atoms with van der Waals surface area (Å²) in [5.41, 5.74) is 0.454. The van der Waals surface area contributed by atoms with Crippen molar-refractivity contribution in [2.75, 3.05) is 11.9 Å². The minimum absolute atomic E-state index is 0.0745. The largest absolute Gasteiger partial charge is 0.483 e. The molecule has 0 bridgehead atoms. The van der Waals surface area contributed by atoms with Gasteiger partial charge in [-0.05, 0) is 42.5 Å². The first-order valence-electron chi connectivity index (χ1n) is 11.2. The average molecular weight is 551 g/mol. The summed E-state index contributed by atoms with van der Waals surface area (Å²) < 4.78 is 21.5. The van der Waals surface area contributed by atoms with Crippen molar-refractivity contribution >= 4 is 44.6 Å². The average Bonchev–Trinajstić information content (AvgIpc) is 2.84. The van der Waals surface area contributed by atoms with Gasteiger partial charge >= 0.3 is 0 Å². The molecule has 0 fully saturated rings. The Morgan fingerprint density at radius 1 is 1.14 bits per heavy atom. The number of amides is 1. The number of hydrogen-bond donors (Lipinski definition) is 1. The number of carbonyl (C=O) groups is 1. The second kappa shape index (κ2) is 10.4. The zero-order chi connectivity index (χ0) is 25.9. The van der Waals surface area contributed by atoms with E-state index in [1.54, 1.807) is 42.5 Å². The van der Waals surface area contributed by atoms with E-state index in [-0.39, 0.29) is 17.9 Å². The number of rotatable bonds is 6. The number of nitrogens with zero attached hydrogens (tertiary/aromatic N) is 3. The van der Waals surface area contributed by atoms with Crippen LogP contribution >= 0.6 is 15.9 Å². The molecule has 7 nitrogen and oxygen atoms in total. The Balaban J connectivity index is 1.62. The first kappa shape index (κ1) is 25.2. The van der Waals surface area contributed by atoms with Crippen LogP contribution in [-0.2, 0) is 10.2 Å². The van der Waals surface area contributed by atoms with Gasteiger partial charge in [0.05, 0.1) is 22.8 Å². The van der Waals surface area contributed by atoms with Crippen LogP contribution in [0.15, 0.2) is 81.1 Å². The predicted molar refractivity (Wildman–Crippen MR) is 142 cm³/mol. The van der Waals surface area contributed by atoms with Gasteiger partial charge in [0.2, 0.25) is 0 Å². The van der Waals surface area contributed by atoms with Crippen molar-refractivity contribution in [2.45, 2.75) is 26.2 Å². The molecule has 36 heavy (non-hydrogen) atoms. The van der Waals surface area contributed by atoms with E-state index in [1.807, 2.05) is 26.8 Å². The summed E-state index contributed by atoms with van der Waals surface area (Å²) in [6, 6.07) is 18.2. The van der Waals surface area contributed by atoms with Crippen LogP contribution in [-0.4, -0.2) is 28.4 Å². The number of halogens is 2. The van der Waals surface area contributed by atoms with Crippen LogP contribution in [0.4, 0.5) is 10.1 Å². The Morgan fingerprint density at radius 3 is 2.61 bits per heavy atom. The molecule has 0 unspecified atom stereocenters. The zero-order valence-electron chi connectivity index (χ0n) is 20.0. The molecule has 0 spiro atoms. The third-order valence-corrected chi connectivity index (χ3v) is 5.71. The van der Waals surface area contributed by atoms with Crippen LogP contribution in [0.25, 0.3) is 10.9 Å². The molecular weight excluding hydrogens is 527 g/mol. The number of para-hydroxylation sites is 2. The van der Waals surface area contributed by atoms with Gasteiger partial charge in [-0.1, -0.05) is 61.0 Å². The third-order valence-electron chi connectivity index (χ3n) is 5.22. The highest BCUT2D eigenvalue weighted by atomic mass is 79.9. The molecule has 0 aliphatic carbocycles. The molecule has 1 amide bonds. The highest BCUT2D eigenvalue weighted by Crippen LogP contribution is 2.23. The summed E-state index contributed by atoms with van der Waals surface area (Å²) >= 11 is 3.40. The van der Waals surface area contributed by atoms with E-state index >= 15 is 0 Å². The number of aromatic nitrogens is 2. The quantitative estimate of drug-likeness (QED) is 0.321. The molecule has 184 valence electrons. The molecular formula is C27H24BrFN4O3. The van der Waals surface area contributed by atoms with E-state index in [0.29, 0.717) is 28.0 Å². The van der Waals surface area contributed by atoms with Crippen LogP contribution in [0, 0.1) is 5.82 Å². The molecule has 1 heterocycles. The van der Waals surface area contributed by atoms with E-state index < -0.39 is 17.1 Å².